The van der Waals surface area contributed by atoms with Crippen molar-refractivity contribution in [3.8, 4) is 0 Å². The van der Waals surface area contributed by atoms with E-state index < -0.39 is 0 Å². The van der Waals surface area contributed by atoms with Gasteiger partial charge in [0.1, 0.15) is 0 Å². The second-order valence-electron chi connectivity index (χ2n) is 5.42. The standard InChI is InChI=1S/C14H30N2O/c1-5-12(6-2)10-16(7-3)14(11-15)8-13(9-14)17-4/h12-13H,5-11,15H2,1-4H3. The van der Waals surface area contributed by atoms with Gasteiger partial charge in [-0.05, 0) is 25.3 Å². The van der Waals surface area contributed by atoms with E-state index in [0.717, 1.165) is 31.8 Å². The lowest BCUT2D eigenvalue weighted by Gasteiger charge is -2.54. The van der Waals surface area contributed by atoms with Gasteiger partial charge in [-0.3, -0.25) is 4.90 Å². The Bertz CT molecular complexity index is 210. The fourth-order valence-corrected chi connectivity index (χ4v) is 3.03. The predicted molar refractivity (Wildman–Crippen MR) is 73.1 cm³/mol. The molecule has 102 valence electrons. The molecule has 0 aromatic carbocycles. The van der Waals surface area contributed by atoms with E-state index in [-0.39, 0.29) is 5.54 Å². The van der Waals surface area contributed by atoms with Gasteiger partial charge < -0.3 is 10.5 Å². The molecule has 0 bridgehead atoms. The average Bonchev–Trinajstić information content (AvgIpc) is 2.32. The van der Waals surface area contributed by atoms with E-state index in [1.807, 2.05) is 7.11 Å². The Labute approximate surface area is 107 Å². The Morgan fingerprint density at radius 1 is 1.29 bits per heavy atom. The lowest BCUT2D eigenvalue weighted by molar-refractivity contribution is -0.0901. The molecule has 0 radical (unpaired) electrons. The minimum Gasteiger partial charge on any atom is -0.381 e. The smallest absolute Gasteiger partial charge is 0.0607 e. The van der Waals surface area contributed by atoms with Crippen LogP contribution < -0.4 is 5.73 Å². The zero-order valence-corrected chi connectivity index (χ0v) is 12.0. The molecule has 0 aromatic rings. The first-order chi connectivity index (χ1) is 8.15. The fourth-order valence-electron chi connectivity index (χ4n) is 3.03. The van der Waals surface area contributed by atoms with Gasteiger partial charge in [0, 0.05) is 25.7 Å². The lowest BCUT2D eigenvalue weighted by Crippen LogP contribution is -2.64. The van der Waals surface area contributed by atoms with E-state index in [4.69, 9.17) is 10.5 Å². The van der Waals surface area contributed by atoms with Gasteiger partial charge in [0.2, 0.25) is 0 Å². The SMILES string of the molecule is CCC(CC)CN(CC)C1(CN)CC(OC)C1. The van der Waals surface area contributed by atoms with E-state index in [1.54, 1.807) is 0 Å². The van der Waals surface area contributed by atoms with E-state index in [0.29, 0.717) is 6.10 Å². The monoisotopic (exact) mass is 242 g/mol. The number of nitrogens with zero attached hydrogens (tertiary/aromatic N) is 1. The molecule has 0 heterocycles. The molecule has 2 N–H and O–H groups in total. The minimum atomic E-state index is 0.220. The van der Waals surface area contributed by atoms with Crippen molar-refractivity contribution in [2.45, 2.75) is 58.1 Å². The predicted octanol–water partition coefficient (Wildman–Crippen LogP) is 2.25. The van der Waals surface area contributed by atoms with Crippen LogP contribution in [0.15, 0.2) is 0 Å². The van der Waals surface area contributed by atoms with Crippen molar-refractivity contribution in [1.29, 1.82) is 0 Å². The van der Waals surface area contributed by atoms with Crippen LogP contribution in [-0.2, 0) is 4.74 Å². The maximum atomic E-state index is 6.02. The van der Waals surface area contributed by atoms with Gasteiger partial charge >= 0.3 is 0 Å². The summed E-state index contributed by atoms with van der Waals surface area (Å²) in [7, 11) is 1.81. The number of hydrogen-bond donors (Lipinski definition) is 1. The molecule has 3 nitrogen and oxygen atoms in total. The van der Waals surface area contributed by atoms with Crippen LogP contribution in [0.5, 0.6) is 0 Å². The Morgan fingerprint density at radius 3 is 2.24 bits per heavy atom. The van der Waals surface area contributed by atoms with Crippen molar-refractivity contribution >= 4 is 0 Å². The number of nitrogens with two attached hydrogens (primary N) is 1. The highest BCUT2D eigenvalue weighted by Crippen LogP contribution is 2.39. The van der Waals surface area contributed by atoms with Crippen LogP contribution in [0, 0.1) is 5.92 Å². The van der Waals surface area contributed by atoms with Gasteiger partial charge in [0.25, 0.3) is 0 Å². The summed E-state index contributed by atoms with van der Waals surface area (Å²) in [6.45, 7) is 9.88. The number of hydrogen-bond acceptors (Lipinski definition) is 3. The van der Waals surface area contributed by atoms with Gasteiger partial charge in [-0.25, -0.2) is 0 Å². The molecule has 1 aliphatic carbocycles. The molecule has 0 spiro atoms. The summed E-state index contributed by atoms with van der Waals surface area (Å²) in [5, 5.41) is 0. The summed E-state index contributed by atoms with van der Waals surface area (Å²) in [6.07, 6.45) is 5.17. The van der Waals surface area contributed by atoms with Crippen LogP contribution in [0.1, 0.15) is 46.5 Å². The van der Waals surface area contributed by atoms with Crippen LogP contribution in [0.25, 0.3) is 0 Å². The highest BCUT2D eigenvalue weighted by Gasteiger charge is 2.47. The van der Waals surface area contributed by atoms with Crippen molar-refractivity contribution in [3.05, 3.63) is 0 Å². The molecular formula is C14H30N2O. The van der Waals surface area contributed by atoms with Crippen LogP contribution in [-0.4, -0.2) is 43.3 Å². The molecule has 0 unspecified atom stereocenters. The second-order valence-corrected chi connectivity index (χ2v) is 5.42. The first-order valence-electron chi connectivity index (χ1n) is 7.13. The molecule has 0 amide bonds. The molecule has 1 fully saturated rings. The molecule has 1 aliphatic rings. The second kappa shape index (κ2) is 6.72. The third kappa shape index (κ3) is 3.21. The third-order valence-electron chi connectivity index (χ3n) is 4.61. The van der Waals surface area contributed by atoms with Crippen molar-refractivity contribution < 1.29 is 4.74 Å². The van der Waals surface area contributed by atoms with Crippen molar-refractivity contribution in [2.24, 2.45) is 11.7 Å². The molecule has 0 saturated heterocycles. The maximum Gasteiger partial charge on any atom is 0.0607 e. The van der Waals surface area contributed by atoms with Crippen LogP contribution >= 0.6 is 0 Å². The quantitative estimate of drug-likeness (QED) is 0.709. The molecule has 0 aliphatic heterocycles. The molecule has 3 heteroatoms. The summed E-state index contributed by atoms with van der Waals surface area (Å²) in [6, 6.07) is 0. The average molecular weight is 242 g/mol. The van der Waals surface area contributed by atoms with Crippen molar-refractivity contribution in [3.63, 3.8) is 0 Å². The number of rotatable bonds is 8. The van der Waals surface area contributed by atoms with Gasteiger partial charge in [0.05, 0.1) is 6.10 Å². The molecule has 0 atom stereocenters. The zero-order valence-electron chi connectivity index (χ0n) is 12.0. The maximum absolute atomic E-state index is 6.02. The van der Waals surface area contributed by atoms with E-state index >= 15 is 0 Å². The topological polar surface area (TPSA) is 38.5 Å². The largest absolute Gasteiger partial charge is 0.381 e. The highest BCUT2D eigenvalue weighted by molar-refractivity contribution is 5.04. The zero-order chi connectivity index (χ0) is 12.9. The molecular weight excluding hydrogens is 212 g/mol. The lowest BCUT2D eigenvalue weighted by atomic mass is 9.72. The molecule has 1 rings (SSSR count). The first kappa shape index (κ1) is 14.9. The first-order valence-corrected chi connectivity index (χ1v) is 7.13. The minimum absolute atomic E-state index is 0.220. The van der Waals surface area contributed by atoms with Gasteiger partial charge in [-0.15, -0.1) is 0 Å². The Morgan fingerprint density at radius 2 is 1.88 bits per heavy atom. The number of ether oxygens (including phenoxy) is 1. The normalized spacial score (nSPS) is 28.8. The summed E-state index contributed by atoms with van der Waals surface area (Å²) in [5.41, 5.74) is 6.24. The number of methoxy groups -OCH3 is 1. The van der Waals surface area contributed by atoms with Crippen LogP contribution in [0.2, 0.25) is 0 Å². The van der Waals surface area contributed by atoms with E-state index in [2.05, 4.69) is 25.7 Å². The highest BCUT2D eigenvalue weighted by atomic mass is 16.5. The van der Waals surface area contributed by atoms with E-state index in [9.17, 15) is 0 Å². The summed E-state index contributed by atoms with van der Waals surface area (Å²) < 4.78 is 5.41. The van der Waals surface area contributed by atoms with Crippen molar-refractivity contribution in [1.82, 2.24) is 4.90 Å². The summed E-state index contributed by atoms with van der Waals surface area (Å²) in [5.74, 6) is 0.806. The number of likely N-dealkylation sites (N-methyl/N-ethyl adjacent to an activating group) is 1. The van der Waals surface area contributed by atoms with Gasteiger partial charge in [-0.1, -0.05) is 33.6 Å². The molecule has 1 saturated carbocycles. The molecule has 17 heavy (non-hydrogen) atoms. The Kier molecular flexibility index (Phi) is 5.90. The van der Waals surface area contributed by atoms with Crippen LogP contribution in [0.4, 0.5) is 0 Å². The summed E-state index contributed by atoms with van der Waals surface area (Å²) >= 11 is 0. The Hall–Kier alpha value is -0.120. The fraction of sp³-hybridized carbons (Fsp3) is 1.00. The Balaban J connectivity index is 2.59. The summed E-state index contributed by atoms with van der Waals surface area (Å²) in [4.78, 5) is 2.60. The van der Waals surface area contributed by atoms with Gasteiger partial charge in [0.15, 0.2) is 0 Å². The van der Waals surface area contributed by atoms with E-state index in [1.165, 1.54) is 19.4 Å². The van der Waals surface area contributed by atoms with Crippen LogP contribution in [0.3, 0.4) is 0 Å². The van der Waals surface area contributed by atoms with Gasteiger partial charge in [-0.2, -0.15) is 0 Å². The van der Waals surface area contributed by atoms with Crippen molar-refractivity contribution in [2.75, 3.05) is 26.7 Å². The third-order valence-corrected chi connectivity index (χ3v) is 4.61. The molecule has 0 aromatic heterocycles.